The van der Waals surface area contributed by atoms with Gasteiger partial charge in [-0.15, -0.1) is 0 Å². The minimum absolute atomic E-state index is 0.113. The Labute approximate surface area is 267 Å². The Morgan fingerprint density at radius 1 is 0.978 bits per heavy atom. The Morgan fingerprint density at radius 3 is 2.26 bits per heavy atom. The predicted molar refractivity (Wildman–Crippen MR) is 157 cm³/mol. The van der Waals surface area contributed by atoms with Gasteiger partial charge in [-0.05, 0) is 19.2 Å². The Morgan fingerprint density at radius 2 is 1.67 bits per heavy atom. The van der Waals surface area contributed by atoms with Crippen molar-refractivity contribution in [2.45, 2.75) is 79.2 Å². The summed E-state index contributed by atoms with van der Waals surface area (Å²) in [5.41, 5.74) is -8.16. The molecule has 5 unspecified atom stereocenters. The van der Waals surface area contributed by atoms with Crippen LogP contribution in [0.25, 0.3) is 0 Å². The minimum Gasteiger partial charge on any atom is -0.455 e. The van der Waals surface area contributed by atoms with Gasteiger partial charge in [-0.2, -0.15) is 0 Å². The molecule has 15 atom stereocenters. The number of nitrogens with zero attached hydrogens (tertiary/aromatic N) is 1. The van der Waals surface area contributed by atoms with Gasteiger partial charge in [0, 0.05) is 83.5 Å². The van der Waals surface area contributed by atoms with Crippen LogP contribution in [0, 0.1) is 28.6 Å². The number of hydrogen-bond donors (Lipinski definition) is 4. The molecule has 4 N–H and O–H groups in total. The highest BCUT2D eigenvalue weighted by molar-refractivity contribution is 5.89. The smallest absolute Gasteiger partial charge is 0.338 e. The van der Waals surface area contributed by atoms with E-state index in [0.717, 1.165) is 0 Å². The Balaban J connectivity index is 1.56. The fraction of sp³-hybridized carbons (Fsp3) is 0.758. The third-order valence-electron chi connectivity index (χ3n) is 12.9. The summed E-state index contributed by atoms with van der Waals surface area (Å²) in [6.07, 6.45) is -7.39. The fourth-order valence-electron chi connectivity index (χ4n) is 12.2. The van der Waals surface area contributed by atoms with Crippen LogP contribution in [-0.4, -0.2) is 145 Å². The lowest BCUT2D eigenvalue weighted by atomic mass is 9.40. The van der Waals surface area contributed by atoms with Gasteiger partial charge in [0.1, 0.15) is 23.9 Å². The number of fused-ring (bicyclic) bond motifs is 2. The van der Waals surface area contributed by atoms with E-state index in [2.05, 4.69) is 0 Å². The van der Waals surface area contributed by atoms with E-state index in [9.17, 15) is 30.0 Å². The number of carbonyl (C=O) groups excluding carboxylic acids is 2. The fourth-order valence-corrected chi connectivity index (χ4v) is 12.2. The van der Waals surface area contributed by atoms with E-state index in [1.807, 2.05) is 11.9 Å². The number of rotatable bonds is 8. The SMILES string of the molecule is COC[C@]12CN(C)C3C4C(OC)[C@H]1C3(C(OC)C[C@H]2O)[C@]1(O)C[C@@]2(O)[C@H](OC(=O)c3ccccc3)[C@@H]1[C@]4(OC(C)=O)[C@@H](O)[C@@H]2OC. The molecular weight excluding hydrogens is 602 g/mol. The van der Waals surface area contributed by atoms with E-state index >= 15 is 0 Å². The lowest BCUT2D eigenvalue weighted by Gasteiger charge is -2.72. The molecule has 1 saturated heterocycles. The zero-order valence-electron chi connectivity index (χ0n) is 27.0. The molecule has 7 bridgehead atoms. The second kappa shape index (κ2) is 10.4. The number of likely N-dealkylation sites (tertiary alicyclic amines) is 1. The maximum Gasteiger partial charge on any atom is 0.338 e. The first-order valence-corrected chi connectivity index (χ1v) is 15.9. The molecule has 254 valence electrons. The zero-order chi connectivity index (χ0) is 33.2. The van der Waals surface area contributed by atoms with Gasteiger partial charge in [0.25, 0.3) is 0 Å². The number of esters is 2. The van der Waals surface area contributed by atoms with Crippen LogP contribution in [0.1, 0.15) is 30.1 Å². The largest absolute Gasteiger partial charge is 0.455 e. The molecule has 7 rings (SSSR count). The first-order chi connectivity index (χ1) is 21.8. The van der Waals surface area contributed by atoms with E-state index in [1.54, 1.807) is 37.4 Å². The van der Waals surface area contributed by atoms with Crippen molar-refractivity contribution in [2.75, 3.05) is 48.6 Å². The van der Waals surface area contributed by atoms with Gasteiger partial charge in [-0.1, -0.05) is 18.2 Å². The highest BCUT2D eigenvalue weighted by Gasteiger charge is 2.96. The average Bonchev–Trinajstić information content (AvgIpc) is 3.38. The zero-order valence-corrected chi connectivity index (χ0v) is 27.0. The van der Waals surface area contributed by atoms with E-state index in [4.69, 9.17) is 28.4 Å². The number of carbonyl (C=O) groups is 2. The molecule has 13 heteroatoms. The number of ether oxygens (including phenoxy) is 6. The number of aliphatic hydroxyl groups is 4. The molecule has 6 fully saturated rings. The van der Waals surface area contributed by atoms with Gasteiger partial charge >= 0.3 is 11.9 Å². The number of piperidine rings is 1. The summed E-state index contributed by atoms with van der Waals surface area (Å²) < 4.78 is 36.7. The predicted octanol–water partition coefficient (Wildman–Crippen LogP) is -0.627. The molecule has 1 heterocycles. The monoisotopic (exact) mass is 647 g/mol. The van der Waals surface area contributed by atoms with Crippen LogP contribution in [0.15, 0.2) is 30.3 Å². The Bertz CT molecular complexity index is 1400. The van der Waals surface area contributed by atoms with Crippen LogP contribution in [0.2, 0.25) is 0 Å². The molecule has 0 radical (unpaired) electrons. The van der Waals surface area contributed by atoms with E-state index in [1.165, 1.54) is 28.3 Å². The van der Waals surface area contributed by atoms with Crippen molar-refractivity contribution >= 4 is 11.9 Å². The molecule has 13 nitrogen and oxygen atoms in total. The molecule has 1 aromatic rings. The molecule has 46 heavy (non-hydrogen) atoms. The van der Waals surface area contributed by atoms with Crippen molar-refractivity contribution in [3.63, 3.8) is 0 Å². The second-order valence-electron chi connectivity index (χ2n) is 14.4. The summed E-state index contributed by atoms with van der Waals surface area (Å²) in [5.74, 6) is -4.35. The number of hydrogen-bond acceptors (Lipinski definition) is 13. The minimum atomic E-state index is -2.12. The van der Waals surface area contributed by atoms with Gasteiger partial charge in [0.2, 0.25) is 0 Å². The van der Waals surface area contributed by atoms with Gasteiger partial charge in [-0.3, -0.25) is 4.79 Å². The molecule has 0 amide bonds. The number of methoxy groups -OCH3 is 4. The number of aliphatic hydroxyl groups excluding tert-OH is 2. The third-order valence-corrected chi connectivity index (χ3v) is 12.9. The summed E-state index contributed by atoms with van der Waals surface area (Å²) in [4.78, 5) is 28.9. The van der Waals surface area contributed by atoms with Gasteiger partial charge in [0.15, 0.2) is 5.60 Å². The van der Waals surface area contributed by atoms with Crippen molar-refractivity contribution in [3.8, 4) is 0 Å². The van der Waals surface area contributed by atoms with Crippen LogP contribution in [0.4, 0.5) is 0 Å². The molecule has 1 aromatic carbocycles. The quantitative estimate of drug-likeness (QED) is 0.263. The topological polar surface area (TPSA) is 174 Å². The van der Waals surface area contributed by atoms with Crippen molar-refractivity contribution in [2.24, 2.45) is 28.6 Å². The van der Waals surface area contributed by atoms with Crippen LogP contribution in [0.3, 0.4) is 0 Å². The first kappa shape index (κ1) is 32.4. The van der Waals surface area contributed by atoms with E-state index < -0.39 is 106 Å². The third kappa shape index (κ3) is 3.41. The second-order valence-corrected chi connectivity index (χ2v) is 14.4. The summed E-state index contributed by atoms with van der Waals surface area (Å²) in [5, 5.41) is 50.8. The number of benzene rings is 1. The van der Waals surface area contributed by atoms with Gasteiger partial charge in [0.05, 0.1) is 42.0 Å². The standard InChI is InChI=1S/C33H45NO12/c1-16(35)46-33-20-21(43-5)22-29(15-41-3)14-34(2)24(20)32(22,19(42-4)12-18(29)36)31(40)13-30(39,27(44-6)25(33)37)26(23(31)33)45-28(38)17-10-8-7-9-11-17/h7-11,18-27,36-37,39-40H,12-15H2,1-6H3/t18-,19?,20?,21?,22-,23+,24?,25+,26-,27+,29+,30-,31+,32?,33+/m1/s1. The van der Waals surface area contributed by atoms with E-state index in [0.29, 0.717) is 6.54 Å². The molecular formula is C33H45NO12. The summed E-state index contributed by atoms with van der Waals surface area (Å²) in [6, 6.07) is 7.61. The highest BCUT2D eigenvalue weighted by Crippen LogP contribution is 2.81. The van der Waals surface area contributed by atoms with Gasteiger partial charge < -0.3 is 53.7 Å². The van der Waals surface area contributed by atoms with E-state index in [-0.39, 0.29) is 18.6 Å². The van der Waals surface area contributed by atoms with Gasteiger partial charge in [-0.25, -0.2) is 4.79 Å². The lowest BCUT2D eigenvalue weighted by Crippen LogP contribution is -2.85. The normalized spacial score (nSPS) is 51.5. The molecule has 1 aliphatic heterocycles. The lowest BCUT2D eigenvalue weighted by molar-refractivity contribution is -0.353. The van der Waals surface area contributed by atoms with Crippen molar-refractivity contribution in [1.29, 1.82) is 0 Å². The van der Waals surface area contributed by atoms with Crippen molar-refractivity contribution < 1.29 is 58.4 Å². The molecule has 0 aromatic heterocycles. The maximum atomic E-state index is 13.7. The Kier molecular flexibility index (Phi) is 7.31. The maximum absolute atomic E-state index is 13.7. The summed E-state index contributed by atoms with van der Waals surface area (Å²) in [7, 11) is 7.77. The van der Waals surface area contributed by atoms with Crippen LogP contribution in [-0.2, 0) is 33.2 Å². The molecule has 5 aliphatic carbocycles. The summed E-state index contributed by atoms with van der Waals surface area (Å²) in [6.45, 7) is 1.68. The first-order valence-electron chi connectivity index (χ1n) is 15.9. The van der Waals surface area contributed by atoms with Crippen molar-refractivity contribution in [1.82, 2.24) is 4.90 Å². The van der Waals surface area contributed by atoms with Crippen LogP contribution < -0.4 is 0 Å². The molecule has 1 spiro atoms. The average molecular weight is 648 g/mol. The summed E-state index contributed by atoms with van der Waals surface area (Å²) >= 11 is 0. The Hall–Kier alpha value is -2.20. The van der Waals surface area contributed by atoms with Crippen LogP contribution in [0.5, 0.6) is 0 Å². The molecule has 5 saturated carbocycles. The highest BCUT2D eigenvalue weighted by atomic mass is 16.6. The van der Waals surface area contributed by atoms with Crippen LogP contribution >= 0.6 is 0 Å². The molecule has 6 aliphatic rings. The van der Waals surface area contributed by atoms with Crippen molar-refractivity contribution in [3.05, 3.63) is 35.9 Å².